The quantitative estimate of drug-likeness (QED) is 0.877. The van der Waals surface area contributed by atoms with Gasteiger partial charge in [-0.2, -0.15) is 0 Å². The largest absolute Gasteiger partial charge is 0.497 e. The fourth-order valence-corrected chi connectivity index (χ4v) is 1.38. The number of pyridine rings is 1. The number of nitrogens with zero attached hydrogens (tertiary/aromatic N) is 1. The number of para-hydroxylation sites is 1. The second-order valence-corrected chi connectivity index (χ2v) is 3.40. The molecule has 0 spiro atoms. The van der Waals surface area contributed by atoms with E-state index in [1.165, 1.54) is 0 Å². The number of nitrogens with one attached hydrogen (secondary N) is 1. The third-order valence-electron chi connectivity index (χ3n) is 2.23. The molecule has 0 bridgehead atoms. The number of benzene rings is 1. The lowest BCUT2D eigenvalue weighted by Crippen LogP contribution is -2.13. The van der Waals surface area contributed by atoms with E-state index in [0.29, 0.717) is 11.4 Å². The summed E-state index contributed by atoms with van der Waals surface area (Å²) in [6, 6.07) is 12.5. The molecule has 86 valence electrons. The maximum atomic E-state index is 11.9. The molecule has 0 aliphatic rings. The first-order valence-corrected chi connectivity index (χ1v) is 5.16. The highest BCUT2D eigenvalue weighted by molar-refractivity contribution is 6.03. The van der Waals surface area contributed by atoms with Crippen molar-refractivity contribution in [3.63, 3.8) is 0 Å². The Morgan fingerprint density at radius 3 is 2.71 bits per heavy atom. The summed E-state index contributed by atoms with van der Waals surface area (Å²) in [5.41, 5.74) is 1.07. The second-order valence-electron chi connectivity index (χ2n) is 3.40. The van der Waals surface area contributed by atoms with E-state index in [1.54, 1.807) is 25.4 Å². The molecule has 4 nitrogen and oxygen atoms in total. The van der Waals surface area contributed by atoms with Crippen LogP contribution in [0.5, 0.6) is 5.75 Å². The predicted octanol–water partition coefficient (Wildman–Crippen LogP) is 2.34. The van der Waals surface area contributed by atoms with Crippen molar-refractivity contribution in [2.75, 3.05) is 12.4 Å². The van der Waals surface area contributed by atoms with Crippen LogP contribution in [0.2, 0.25) is 0 Å². The number of carbonyl (C=O) groups is 1. The molecule has 1 aromatic heterocycles. The summed E-state index contributed by atoms with van der Waals surface area (Å²) in [6.45, 7) is 0. The van der Waals surface area contributed by atoms with Crippen LogP contribution in [0, 0.1) is 0 Å². The molecule has 1 amide bonds. The average Bonchev–Trinajstić information content (AvgIpc) is 2.40. The van der Waals surface area contributed by atoms with Crippen LogP contribution in [-0.4, -0.2) is 18.0 Å². The van der Waals surface area contributed by atoms with Crippen molar-refractivity contribution in [1.82, 2.24) is 4.98 Å². The Morgan fingerprint density at radius 2 is 2.00 bits per heavy atom. The van der Waals surface area contributed by atoms with Gasteiger partial charge in [-0.05, 0) is 18.2 Å². The molecule has 0 saturated carbocycles. The van der Waals surface area contributed by atoms with E-state index in [9.17, 15) is 4.79 Å². The predicted molar refractivity (Wildman–Crippen MR) is 65.2 cm³/mol. The van der Waals surface area contributed by atoms with Gasteiger partial charge in [-0.25, -0.2) is 0 Å². The van der Waals surface area contributed by atoms with E-state index in [1.807, 2.05) is 30.3 Å². The van der Waals surface area contributed by atoms with E-state index < -0.39 is 0 Å². The lowest BCUT2D eigenvalue weighted by Gasteiger charge is -2.05. The first kappa shape index (κ1) is 11.1. The topological polar surface area (TPSA) is 51.2 Å². The van der Waals surface area contributed by atoms with Gasteiger partial charge in [-0.1, -0.05) is 18.2 Å². The summed E-state index contributed by atoms with van der Waals surface area (Å²) < 4.78 is 5.04. The molecule has 0 saturated heterocycles. The first-order chi connectivity index (χ1) is 8.29. The number of ether oxygens (including phenoxy) is 1. The van der Waals surface area contributed by atoms with E-state index >= 15 is 0 Å². The van der Waals surface area contributed by atoms with Crippen LogP contribution in [0.15, 0.2) is 48.7 Å². The van der Waals surface area contributed by atoms with Gasteiger partial charge < -0.3 is 10.1 Å². The number of hydrogen-bond donors (Lipinski definition) is 1. The number of rotatable bonds is 3. The normalized spacial score (nSPS) is 9.71. The van der Waals surface area contributed by atoms with Crippen LogP contribution in [-0.2, 0) is 0 Å². The lowest BCUT2D eigenvalue weighted by atomic mass is 10.3. The zero-order valence-corrected chi connectivity index (χ0v) is 9.38. The van der Waals surface area contributed by atoms with Gasteiger partial charge in [-0.3, -0.25) is 9.78 Å². The molecule has 2 aromatic rings. The van der Waals surface area contributed by atoms with Gasteiger partial charge in [0.05, 0.1) is 7.11 Å². The molecule has 0 aliphatic carbocycles. The molecule has 0 atom stereocenters. The Kier molecular flexibility index (Phi) is 3.35. The van der Waals surface area contributed by atoms with Crippen molar-refractivity contribution in [1.29, 1.82) is 0 Å². The van der Waals surface area contributed by atoms with Gasteiger partial charge in [0.25, 0.3) is 5.91 Å². The smallest absolute Gasteiger partial charge is 0.274 e. The Morgan fingerprint density at radius 1 is 1.24 bits per heavy atom. The number of methoxy groups -OCH3 is 1. The maximum Gasteiger partial charge on any atom is 0.274 e. The molecule has 0 fully saturated rings. The molecule has 1 aromatic carbocycles. The standard InChI is InChI=1S/C13H12N2O2/c1-17-11-7-8-14-12(9-11)13(16)15-10-5-3-2-4-6-10/h2-9H,1H3,(H,15,16). The average molecular weight is 228 g/mol. The molecular formula is C13H12N2O2. The second kappa shape index (κ2) is 5.12. The van der Waals surface area contributed by atoms with Crippen molar-refractivity contribution < 1.29 is 9.53 Å². The number of amides is 1. The maximum absolute atomic E-state index is 11.9. The zero-order valence-electron chi connectivity index (χ0n) is 9.38. The van der Waals surface area contributed by atoms with Gasteiger partial charge in [0.15, 0.2) is 0 Å². The van der Waals surface area contributed by atoms with Crippen molar-refractivity contribution in [3.8, 4) is 5.75 Å². The summed E-state index contributed by atoms with van der Waals surface area (Å²) in [4.78, 5) is 15.8. The molecule has 1 heterocycles. The minimum Gasteiger partial charge on any atom is -0.497 e. The van der Waals surface area contributed by atoms with E-state index in [2.05, 4.69) is 10.3 Å². The Balaban J connectivity index is 2.14. The Bertz CT molecular complexity index is 512. The lowest BCUT2D eigenvalue weighted by molar-refractivity contribution is 0.102. The first-order valence-electron chi connectivity index (χ1n) is 5.16. The van der Waals surface area contributed by atoms with Gasteiger partial charge >= 0.3 is 0 Å². The van der Waals surface area contributed by atoms with Crippen molar-refractivity contribution in [2.45, 2.75) is 0 Å². The van der Waals surface area contributed by atoms with Crippen LogP contribution in [0.1, 0.15) is 10.5 Å². The van der Waals surface area contributed by atoms with Gasteiger partial charge in [-0.15, -0.1) is 0 Å². The van der Waals surface area contributed by atoms with Crippen molar-refractivity contribution >= 4 is 11.6 Å². The third kappa shape index (κ3) is 2.81. The molecule has 4 heteroatoms. The molecule has 2 rings (SSSR count). The van der Waals surface area contributed by atoms with Gasteiger partial charge in [0.1, 0.15) is 11.4 Å². The minimum absolute atomic E-state index is 0.255. The highest BCUT2D eigenvalue weighted by Gasteiger charge is 2.08. The number of anilines is 1. The third-order valence-corrected chi connectivity index (χ3v) is 2.23. The molecular weight excluding hydrogens is 216 g/mol. The minimum atomic E-state index is -0.255. The highest BCUT2D eigenvalue weighted by Crippen LogP contribution is 2.12. The Hall–Kier alpha value is -2.36. The van der Waals surface area contributed by atoms with Crippen LogP contribution in [0.4, 0.5) is 5.69 Å². The number of aromatic nitrogens is 1. The molecule has 0 radical (unpaired) electrons. The monoisotopic (exact) mass is 228 g/mol. The van der Waals surface area contributed by atoms with Gasteiger partial charge in [0.2, 0.25) is 0 Å². The van der Waals surface area contributed by atoms with Crippen LogP contribution >= 0.6 is 0 Å². The summed E-state index contributed by atoms with van der Waals surface area (Å²) in [5.74, 6) is 0.355. The summed E-state index contributed by atoms with van der Waals surface area (Å²) in [6.07, 6.45) is 1.54. The van der Waals surface area contributed by atoms with Crippen LogP contribution in [0.25, 0.3) is 0 Å². The summed E-state index contributed by atoms with van der Waals surface area (Å²) >= 11 is 0. The molecule has 0 unspecified atom stereocenters. The zero-order chi connectivity index (χ0) is 12.1. The van der Waals surface area contributed by atoms with E-state index in [-0.39, 0.29) is 5.91 Å². The fraction of sp³-hybridized carbons (Fsp3) is 0.0769. The molecule has 17 heavy (non-hydrogen) atoms. The number of carbonyl (C=O) groups excluding carboxylic acids is 1. The van der Waals surface area contributed by atoms with Crippen LogP contribution in [0.3, 0.4) is 0 Å². The van der Waals surface area contributed by atoms with Crippen molar-refractivity contribution in [3.05, 3.63) is 54.4 Å². The molecule has 0 aliphatic heterocycles. The Labute approximate surface area is 99.3 Å². The highest BCUT2D eigenvalue weighted by atomic mass is 16.5. The van der Waals surface area contributed by atoms with E-state index in [0.717, 1.165) is 5.69 Å². The summed E-state index contributed by atoms with van der Waals surface area (Å²) in [5, 5.41) is 2.75. The number of hydrogen-bond acceptors (Lipinski definition) is 3. The van der Waals surface area contributed by atoms with Gasteiger partial charge in [0, 0.05) is 18.0 Å². The van der Waals surface area contributed by atoms with E-state index in [4.69, 9.17) is 4.74 Å². The van der Waals surface area contributed by atoms with Crippen molar-refractivity contribution in [2.24, 2.45) is 0 Å². The SMILES string of the molecule is COc1ccnc(C(=O)Nc2ccccc2)c1. The van der Waals surface area contributed by atoms with Crippen LogP contribution < -0.4 is 10.1 Å². The summed E-state index contributed by atoms with van der Waals surface area (Å²) in [7, 11) is 1.55. The fourth-order valence-electron chi connectivity index (χ4n) is 1.38. The molecule has 1 N–H and O–H groups in total.